The summed E-state index contributed by atoms with van der Waals surface area (Å²) in [5.41, 5.74) is 1.17. The van der Waals surface area contributed by atoms with E-state index in [0.717, 1.165) is 19.4 Å². The second-order valence-corrected chi connectivity index (χ2v) is 6.51. The molecule has 3 heteroatoms. The van der Waals surface area contributed by atoms with Crippen LogP contribution in [0.15, 0.2) is 36.7 Å². The largest absolute Gasteiger partial charge is 0.394 e. The lowest BCUT2D eigenvalue weighted by atomic mass is 9.76. The van der Waals surface area contributed by atoms with Gasteiger partial charge >= 0.3 is 0 Å². The topological polar surface area (TPSA) is 45.1 Å². The summed E-state index contributed by atoms with van der Waals surface area (Å²) < 4.78 is 0. The van der Waals surface area contributed by atoms with Gasteiger partial charge in [0.05, 0.1) is 6.61 Å². The van der Waals surface area contributed by atoms with Crippen LogP contribution < -0.4 is 5.32 Å². The van der Waals surface area contributed by atoms with Crippen LogP contribution in [0.5, 0.6) is 0 Å². The number of pyridine rings is 1. The molecule has 1 aromatic carbocycles. The van der Waals surface area contributed by atoms with Crippen LogP contribution in [0.1, 0.15) is 38.2 Å². The third kappa shape index (κ3) is 3.09. The number of fused-ring (bicyclic) bond motifs is 1. The maximum atomic E-state index is 9.88. The average Bonchev–Trinajstić information content (AvgIpc) is 2.53. The number of aromatic nitrogens is 1. The lowest BCUT2D eigenvalue weighted by molar-refractivity contribution is 0.0983. The normalized spacial score (nSPS) is 26.1. The highest BCUT2D eigenvalue weighted by Gasteiger charge is 2.33. The third-order valence-electron chi connectivity index (χ3n) is 4.82. The summed E-state index contributed by atoms with van der Waals surface area (Å²) in [4.78, 5) is 4.18. The molecule has 0 spiro atoms. The van der Waals surface area contributed by atoms with E-state index in [9.17, 15) is 5.11 Å². The monoisotopic (exact) mass is 284 g/mol. The van der Waals surface area contributed by atoms with Gasteiger partial charge in [0.15, 0.2) is 0 Å². The van der Waals surface area contributed by atoms with Crippen molar-refractivity contribution >= 4 is 10.8 Å². The predicted molar refractivity (Wildman–Crippen MR) is 86.0 cm³/mol. The van der Waals surface area contributed by atoms with E-state index >= 15 is 0 Å². The number of hydrogen-bond donors (Lipinski definition) is 2. The predicted octanol–water partition coefficient (Wildman–Crippen LogP) is 3.27. The highest BCUT2D eigenvalue weighted by atomic mass is 16.3. The summed E-state index contributed by atoms with van der Waals surface area (Å²) >= 11 is 0. The molecule has 0 aliphatic heterocycles. The molecule has 2 N–H and O–H groups in total. The minimum absolute atomic E-state index is 0.104. The first kappa shape index (κ1) is 14.5. The van der Waals surface area contributed by atoms with Crippen LogP contribution in [0.3, 0.4) is 0 Å². The number of benzene rings is 1. The maximum absolute atomic E-state index is 9.88. The first-order chi connectivity index (χ1) is 10.2. The van der Waals surface area contributed by atoms with Gasteiger partial charge in [0.2, 0.25) is 0 Å². The van der Waals surface area contributed by atoms with Crippen molar-refractivity contribution in [2.75, 3.05) is 6.61 Å². The molecule has 1 saturated carbocycles. The fraction of sp³-hybridized carbons (Fsp3) is 0.500. The number of hydrogen-bond acceptors (Lipinski definition) is 3. The smallest absolute Gasteiger partial charge is 0.0613 e. The molecule has 112 valence electrons. The van der Waals surface area contributed by atoms with E-state index in [4.69, 9.17) is 0 Å². The van der Waals surface area contributed by atoms with Crippen molar-refractivity contribution in [2.24, 2.45) is 5.92 Å². The minimum Gasteiger partial charge on any atom is -0.394 e. The van der Waals surface area contributed by atoms with Crippen molar-refractivity contribution in [3.63, 3.8) is 0 Å². The number of nitrogens with zero attached hydrogens (tertiary/aromatic N) is 1. The second-order valence-electron chi connectivity index (χ2n) is 6.51. The van der Waals surface area contributed by atoms with Gasteiger partial charge in [-0.3, -0.25) is 4.98 Å². The van der Waals surface area contributed by atoms with Crippen LogP contribution in [0.25, 0.3) is 10.8 Å². The van der Waals surface area contributed by atoms with Crippen molar-refractivity contribution in [1.29, 1.82) is 0 Å². The molecule has 0 radical (unpaired) electrons. The summed E-state index contributed by atoms with van der Waals surface area (Å²) in [5.74, 6) is 0.690. The van der Waals surface area contributed by atoms with E-state index in [1.807, 2.05) is 12.4 Å². The number of nitrogens with one attached hydrogen (secondary N) is 1. The molecule has 1 aromatic heterocycles. The fourth-order valence-electron chi connectivity index (χ4n) is 3.65. The number of rotatable bonds is 4. The molecule has 1 aliphatic rings. The lowest BCUT2D eigenvalue weighted by Crippen LogP contribution is -2.51. The van der Waals surface area contributed by atoms with Gasteiger partial charge in [-0.1, -0.05) is 38.0 Å². The molecule has 0 saturated heterocycles. The Balaban J connectivity index is 1.79. The van der Waals surface area contributed by atoms with E-state index in [0.29, 0.717) is 5.92 Å². The first-order valence-electron chi connectivity index (χ1n) is 7.90. The number of aliphatic hydroxyl groups excluding tert-OH is 1. The zero-order valence-electron chi connectivity index (χ0n) is 12.7. The molecule has 0 amide bonds. The van der Waals surface area contributed by atoms with Gasteiger partial charge < -0.3 is 10.4 Å². The SMILES string of the molecule is CC1CCCC(CO)(NCc2cccc3cnccc23)C1. The molecule has 2 atom stereocenters. The Hall–Kier alpha value is -1.45. The molecular weight excluding hydrogens is 260 g/mol. The Morgan fingerprint density at radius 1 is 1.38 bits per heavy atom. The van der Waals surface area contributed by atoms with Gasteiger partial charge in [-0.25, -0.2) is 0 Å². The van der Waals surface area contributed by atoms with Gasteiger partial charge in [0.25, 0.3) is 0 Å². The summed E-state index contributed by atoms with van der Waals surface area (Å²) in [6.07, 6.45) is 8.37. The van der Waals surface area contributed by atoms with E-state index in [2.05, 4.69) is 41.5 Å². The third-order valence-corrected chi connectivity index (χ3v) is 4.82. The Morgan fingerprint density at radius 2 is 2.29 bits per heavy atom. The average molecular weight is 284 g/mol. The van der Waals surface area contributed by atoms with Crippen molar-refractivity contribution in [3.8, 4) is 0 Å². The maximum Gasteiger partial charge on any atom is 0.0613 e. The molecule has 3 rings (SSSR count). The lowest BCUT2D eigenvalue weighted by Gasteiger charge is -2.39. The van der Waals surface area contributed by atoms with E-state index in [1.54, 1.807) is 0 Å². The quantitative estimate of drug-likeness (QED) is 0.905. The van der Waals surface area contributed by atoms with Crippen LogP contribution in [-0.2, 0) is 6.54 Å². The zero-order valence-corrected chi connectivity index (χ0v) is 12.7. The molecule has 0 bridgehead atoms. The van der Waals surface area contributed by atoms with Crippen molar-refractivity contribution < 1.29 is 5.11 Å². The van der Waals surface area contributed by atoms with Crippen LogP contribution in [0, 0.1) is 5.92 Å². The molecule has 3 nitrogen and oxygen atoms in total. The Labute approximate surface area is 126 Å². The summed E-state index contributed by atoms with van der Waals surface area (Å²) in [6.45, 7) is 3.31. The molecular formula is C18H24N2O. The molecule has 1 fully saturated rings. The zero-order chi connectivity index (χ0) is 14.7. The van der Waals surface area contributed by atoms with E-state index in [-0.39, 0.29) is 12.1 Å². The van der Waals surface area contributed by atoms with Crippen LogP contribution in [0.4, 0.5) is 0 Å². The Morgan fingerprint density at radius 3 is 3.10 bits per heavy atom. The molecule has 1 heterocycles. The van der Waals surface area contributed by atoms with E-state index < -0.39 is 0 Å². The summed E-state index contributed by atoms with van der Waals surface area (Å²) in [6, 6.07) is 8.40. The highest BCUT2D eigenvalue weighted by molar-refractivity contribution is 5.84. The van der Waals surface area contributed by atoms with Crippen molar-refractivity contribution in [3.05, 3.63) is 42.2 Å². The van der Waals surface area contributed by atoms with Gasteiger partial charge in [-0.15, -0.1) is 0 Å². The second kappa shape index (κ2) is 6.12. The van der Waals surface area contributed by atoms with Crippen molar-refractivity contribution in [1.82, 2.24) is 10.3 Å². The molecule has 21 heavy (non-hydrogen) atoms. The van der Waals surface area contributed by atoms with Gasteiger partial charge in [0.1, 0.15) is 0 Å². The summed E-state index contributed by atoms with van der Waals surface area (Å²) in [5, 5.41) is 16.0. The molecule has 2 aromatic rings. The van der Waals surface area contributed by atoms with E-state index in [1.165, 1.54) is 29.2 Å². The highest BCUT2D eigenvalue weighted by Crippen LogP contribution is 2.32. The van der Waals surface area contributed by atoms with Gasteiger partial charge in [-0.05, 0) is 35.8 Å². The molecule has 2 unspecified atom stereocenters. The summed E-state index contributed by atoms with van der Waals surface area (Å²) in [7, 11) is 0. The fourth-order valence-corrected chi connectivity index (χ4v) is 3.65. The number of aliphatic hydroxyl groups is 1. The van der Waals surface area contributed by atoms with Crippen LogP contribution in [-0.4, -0.2) is 22.2 Å². The first-order valence-corrected chi connectivity index (χ1v) is 7.90. The van der Waals surface area contributed by atoms with Gasteiger partial charge in [0, 0.05) is 29.9 Å². The van der Waals surface area contributed by atoms with Crippen molar-refractivity contribution in [2.45, 2.75) is 44.7 Å². The minimum atomic E-state index is -0.104. The molecule has 1 aliphatic carbocycles. The standard InChI is InChI=1S/C18H24N2O/c1-14-4-3-8-18(10-14,13-21)20-12-16-6-2-5-15-11-19-9-7-17(15)16/h2,5-7,9,11,14,20-21H,3-4,8,10,12-13H2,1H3. The van der Waals surface area contributed by atoms with Crippen LogP contribution in [0.2, 0.25) is 0 Å². The van der Waals surface area contributed by atoms with Gasteiger partial charge in [-0.2, -0.15) is 0 Å². The Kier molecular flexibility index (Phi) is 4.22. The Bertz CT molecular complexity index is 608. The van der Waals surface area contributed by atoms with Crippen LogP contribution >= 0.6 is 0 Å².